The Labute approximate surface area is 203 Å². The van der Waals surface area contributed by atoms with Gasteiger partial charge in [0.05, 0.1) is 4.90 Å². The fraction of sp³-hybridized carbons (Fsp3) is 0.320. The molecule has 0 radical (unpaired) electrons. The topological polar surface area (TPSA) is 134 Å². The lowest BCUT2D eigenvalue weighted by Gasteiger charge is -2.30. The highest BCUT2D eigenvalue weighted by atomic mass is 32.2. The summed E-state index contributed by atoms with van der Waals surface area (Å²) in [6.45, 7) is 1.85. The summed E-state index contributed by atoms with van der Waals surface area (Å²) in [5, 5.41) is 9.56. The summed E-state index contributed by atoms with van der Waals surface area (Å²) in [5.41, 5.74) is 8.34. The van der Waals surface area contributed by atoms with Gasteiger partial charge in [-0.1, -0.05) is 24.3 Å². The van der Waals surface area contributed by atoms with Crippen LogP contribution in [0.4, 0.5) is 5.88 Å². The molecule has 3 heterocycles. The number of nitriles is 1. The van der Waals surface area contributed by atoms with E-state index in [1.807, 2.05) is 29.2 Å². The number of sulfonamides is 1. The first kappa shape index (κ1) is 23.1. The molecule has 1 aromatic heterocycles. The van der Waals surface area contributed by atoms with Crippen LogP contribution in [0.5, 0.6) is 0 Å². The van der Waals surface area contributed by atoms with E-state index in [0.717, 1.165) is 5.56 Å². The number of nitrogens with two attached hydrogens (primary N) is 1. The minimum Gasteiger partial charge on any atom is -0.419 e. The van der Waals surface area contributed by atoms with Gasteiger partial charge in [0.15, 0.2) is 0 Å². The molecule has 35 heavy (non-hydrogen) atoms. The first-order valence-corrected chi connectivity index (χ1v) is 12.9. The van der Waals surface area contributed by atoms with E-state index in [1.54, 1.807) is 24.3 Å². The lowest BCUT2D eigenvalue weighted by molar-refractivity contribution is -0.122. The highest BCUT2D eigenvalue weighted by molar-refractivity contribution is 7.89. The number of carbonyl (C=O) groups excluding carboxylic acids is 1. The van der Waals surface area contributed by atoms with Crippen molar-refractivity contribution in [3.05, 3.63) is 65.4 Å². The van der Waals surface area contributed by atoms with Crippen LogP contribution in [0.15, 0.2) is 57.8 Å². The molecule has 0 aliphatic carbocycles. The zero-order valence-corrected chi connectivity index (χ0v) is 19.9. The van der Waals surface area contributed by atoms with Crippen LogP contribution in [-0.4, -0.2) is 43.2 Å². The van der Waals surface area contributed by atoms with Crippen LogP contribution in [0, 0.1) is 17.2 Å². The summed E-state index contributed by atoms with van der Waals surface area (Å²) >= 11 is 0. The minimum atomic E-state index is -3.66. The molecular weight excluding hydrogens is 466 g/mol. The monoisotopic (exact) mass is 491 g/mol. The molecular formula is C25H25N5O4S. The molecule has 180 valence electrons. The number of piperidine rings is 1. The third-order valence-corrected chi connectivity index (χ3v) is 8.59. The second-order valence-electron chi connectivity index (χ2n) is 8.83. The van der Waals surface area contributed by atoms with E-state index in [-0.39, 0.29) is 28.3 Å². The summed E-state index contributed by atoms with van der Waals surface area (Å²) in [4.78, 5) is 17.8. The van der Waals surface area contributed by atoms with Gasteiger partial charge in [-0.25, -0.2) is 8.42 Å². The zero-order chi connectivity index (χ0) is 24.6. The number of oxazole rings is 1. The Morgan fingerprint density at radius 2 is 1.74 bits per heavy atom. The van der Waals surface area contributed by atoms with Crippen molar-refractivity contribution in [2.75, 3.05) is 24.5 Å². The lowest BCUT2D eigenvalue weighted by atomic mass is 9.96. The van der Waals surface area contributed by atoms with E-state index in [0.29, 0.717) is 56.9 Å². The fourth-order valence-corrected chi connectivity index (χ4v) is 6.10. The Morgan fingerprint density at radius 3 is 2.40 bits per heavy atom. The maximum Gasteiger partial charge on any atom is 0.243 e. The standard InChI is InChI=1S/C25H25N5O4S/c26-15-22-25(29-12-9-18(10-13-29)23(27)31)34-24(28-22)19-5-7-21(8-6-19)35(32,33)30-14-11-17-3-1-2-4-20(17)16-30/h1-8,18H,9-14,16H2,(H2,27,31). The van der Waals surface area contributed by atoms with Crippen LogP contribution in [0.1, 0.15) is 29.7 Å². The van der Waals surface area contributed by atoms with Gasteiger partial charge in [0.2, 0.25) is 33.4 Å². The Bertz CT molecular complexity index is 1400. The van der Waals surface area contributed by atoms with Crippen molar-refractivity contribution in [2.24, 2.45) is 11.7 Å². The number of fused-ring (bicyclic) bond motifs is 1. The Hall–Kier alpha value is -3.68. The van der Waals surface area contributed by atoms with E-state index in [4.69, 9.17) is 10.2 Å². The molecule has 5 rings (SSSR count). The molecule has 9 nitrogen and oxygen atoms in total. The molecule has 10 heteroatoms. The van der Waals surface area contributed by atoms with Gasteiger partial charge in [-0.2, -0.15) is 14.6 Å². The summed E-state index contributed by atoms with van der Waals surface area (Å²) in [6.07, 6.45) is 1.85. The highest BCUT2D eigenvalue weighted by Gasteiger charge is 2.30. The molecule has 0 unspecified atom stereocenters. The van der Waals surface area contributed by atoms with Crippen molar-refractivity contribution in [1.82, 2.24) is 9.29 Å². The van der Waals surface area contributed by atoms with Gasteiger partial charge >= 0.3 is 0 Å². The molecule has 2 aliphatic heterocycles. The van der Waals surface area contributed by atoms with Gasteiger partial charge in [0.25, 0.3) is 0 Å². The van der Waals surface area contributed by atoms with Gasteiger partial charge in [0, 0.05) is 37.7 Å². The van der Waals surface area contributed by atoms with Crippen molar-refractivity contribution in [3.63, 3.8) is 0 Å². The minimum absolute atomic E-state index is 0.154. The molecule has 3 aromatic rings. The smallest absolute Gasteiger partial charge is 0.243 e. The van der Waals surface area contributed by atoms with Gasteiger partial charge in [-0.15, -0.1) is 0 Å². The Morgan fingerprint density at radius 1 is 1.06 bits per heavy atom. The number of nitrogens with zero attached hydrogens (tertiary/aromatic N) is 4. The fourth-order valence-electron chi connectivity index (χ4n) is 4.68. The van der Waals surface area contributed by atoms with Gasteiger partial charge in [-0.3, -0.25) is 4.79 Å². The van der Waals surface area contributed by atoms with Crippen molar-refractivity contribution >= 4 is 21.8 Å². The van der Waals surface area contributed by atoms with Crippen LogP contribution in [0.3, 0.4) is 0 Å². The van der Waals surface area contributed by atoms with Crippen LogP contribution in [0.25, 0.3) is 11.5 Å². The van der Waals surface area contributed by atoms with Crippen LogP contribution < -0.4 is 10.6 Å². The van der Waals surface area contributed by atoms with E-state index in [2.05, 4.69) is 11.1 Å². The number of primary amides is 1. The largest absolute Gasteiger partial charge is 0.419 e. The zero-order valence-electron chi connectivity index (χ0n) is 19.1. The van der Waals surface area contributed by atoms with Gasteiger partial charge in [-0.05, 0) is 54.7 Å². The van der Waals surface area contributed by atoms with E-state index < -0.39 is 10.0 Å². The lowest BCUT2D eigenvalue weighted by Crippen LogP contribution is -2.38. The number of hydrogen-bond acceptors (Lipinski definition) is 7. The molecule has 2 N–H and O–H groups in total. The molecule has 1 amide bonds. The van der Waals surface area contributed by atoms with E-state index >= 15 is 0 Å². The predicted octanol–water partition coefficient (Wildman–Crippen LogP) is 2.66. The average molecular weight is 492 g/mol. The maximum atomic E-state index is 13.2. The maximum absolute atomic E-state index is 13.2. The first-order valence-electron chi connectivity index (χ1n) is 11.5. The third-order valence-electron chi connectivity index (χ3n) is 6.73. The van der Waals surface area contributed by atoms with Crippen LogP contribution >= 0.6 is 0 Å². The second-order valence-corrected chi connectivity index (χ2v) is 10.8. The van der Waals surface area contributed by atoms with E-state index in [9.17, 15) is 18.5 Å². The number of anilines is 1. The van der Waals surface area contributed by atoms with Crippen molar-refractivity contribution in [2.45, 2.75) is 30.7 Å². The quantitative estimate of drug-likeness (QED) is 0.580. The number of aromatic nitrogens is 1. The normalized spacial score (nSPS) is 17.1. The molecule has 0 bridgehead atoms. The van der Waals surface area contributed by atoms with Crippen LogP contribution in [0.2, 0.25) is 0 Å². The Kier molecular flexibility index (Phi) is 6.05. The number of amides is 1. The molecule has 2 aliphatic rings. The predicted molar refractivity (Wildman–Crippen MR) is 129 cm³/mol. The third kappa shape index (κ3) is 4.40. The molecule has 2 aromatic carbocycles. The molecule has 0 saturated carbocycles. The number of benzene rings is 2. The second kappa shape index (κ2) is 9.17. The van der Waals surface area contributed by atoms with Gasteiger partial charge < -0.3 is 15.1 Å². The van der Waals surface area contributed by atoms with Crippen molar-refractivity contribution < 1.29 is 17.6 Å². The summed E-state index contributed by atoms with van der Waals surface area (Å²) in [7, 11) is -3.66. The summed E-state index contributed by atoms with van der Waals surface area (Å²) in [6, 6.07) is 16.3. The molecule has 1 fully saturated rings. The van der Waals surface area contributed by atoms with E-state index in [1.165, 1.54) is 9.87 Å². The highest BCUT2D eigenvalue weighted by Crippen LogP contribution is 2.32. The van der Waals surface area contributed by atoms with Crippen molar-refractivity contribution in [3.8, 4) is 17.5 Å². The van der Waals surface area contributed by atoms with Crippen molar-refractivity contribution in [1.29, 1.82) is 5.26 Å². The summed E-state index contributed by atoms with van der Waals surface area (Å²) in [5.74, 6) is 0.104. The molecule has 1 saturated heterocycles. The number of carbonyl (C=O) groups is 1. The summed E-state index contributed by atoms with van der Waals surface area (Å²) < 4.78 is 33.9. The average Bonchev–Trinajstić information content (AvgIpc) is 3.33. The SMILES string of the molecule is N#Cc1nc(-c2ccc(S(=O)(=O)N3CCc4ccccc4C3)cc2)oc1N1CCC(C(N)=O)CC1. The number of hydrogen-bond donors (Lipinski definition) is 1. The van der Waals surface area contributed by atoms with Crippen LogP contribution in [-0.2, 0) is 27.8 Å². The molecule has 0 atom stereocenters. The first-order chi connectivity index (χ1) is 16.9. The number of rotatable bonds is 5. The Balaban J connectivity index is 1.35. The van der Waals surface area contributed by atoms with Gasteiger partial charge in [0.1, 0.15) is 6.07 Å². The molecule has 0 spiro atoms.